The molecular formula is C23H24FN7O5S. The zero-order valence-corrected chi connectivity index (χ0v) is 21.2. The number of methoxy groups -OCH3 is 2. The van der Waals surface area contributed by atoms with E-state index in [0.717, 1.165) is 12.4 Å². The molecule has 0 fully saturated rings. The number of pyridine rings is 1. The van der Waals surface area contributed by atoms with E-state index in [4.69, 9.17) is 9.47 Å². The third kappa shape index (κ3) is 5.14. The number of nitrogens with zero attached hydrogens (tertiary/aromatic N) is 5. The highest BCUT2D eigenvalue weighted by Crippen LogP contribution is 2.37. The monoisotopic (exact) mass is 529 g/mol. The number of hydrogen-bond donors (Lipinski definition) is 2. The van der Waals surface area contributed by atoms with Crippen LogP contribution in [-0.2, 0) is 10.0 Å². The third-order valence-electron chi connectivity index (χ3n) is 5.77. The molecule has 0 bridgehead atoms. The second-order valence-corrected chi connectivity index (χ2v) is 10.1. The summed E-state index contributed by atoms with van der Waals surface area (Å²) in [6.45, 7) is 3.09. The first-order chi connectivity index (χ1) is 17.7. The normalized spacial score (nSPS) is 13.1. The largest absolute Gasteiger partial charge is 0.494 e. The molecule has 0 amide bonds. The Morgan fingerprint density at radius 3 is 2.22 bits per heavy atom. The number of nitrogens with one attached hydrogen (secondary N) is 2. The van der Waals surface area contributed by atoms with Crippen LogP contribution in [0.1, 0.15) is 25.6 Å². The van der Waals surface area contributed by atoms with Gasteiger partial charge in [-0.15, -0.1) is 10.2 Å². The highest BCUT2D eigenvalue weighted by molar-refractivity contribution is 7.93. The number of para-hydroxylation sites is 1. The minimum absolute atomic E-state index is 0.126. The Hall–Kier alpha value is -4.33. The summed E-state index contributed by atoms with van der Waals surface area (Å²) in [7, 11) is -1.22. The summed E-state index contributed by atoms with van der Waals surface area (Å²) < 4.78 is 55.0. The Morgan fingerprint density at radius 1 is 1.00 bits per heavy atom. The summed E-state index contributed by atoms with van der Waals surface area (Å²) in [5, 5.41) is 7.17. The van der Waals surface area contributed by atoms with E-state index >= 15 is 0 Å². The minimum Gasteiger partial charge on any atom is -0.494 e. The van der Waals surface area contributed by atoms with Gasteiger partial charge >= 0.3 is 0 Å². The molecule has 194 valence electrons. The Kier molecular flexibility index (Phi) is 7.20. The van der Waals surface area contributed by atoms with Gasteiger partial charge in [-0.05, 0) is 25.1 Å². The highest BCUT2D eigenvalue weighted by Gasteiger charge is 2.32. The predicted molar refractivity (Wildman–Crippen MR) is 133 cm³/mol. The molecule has 0 aliphatic heterocycles. The molecular weight excluding hydrogens is 505 g/mol. The van der Waals surface area contributed by atoms with Crippen LogP contribution in [0.4, 0.5) is 10.3 Å². The SMILES string of the molecule is COc1cccc(OC)c1-n1c(NS(=O)(=O)C(C)C(C)c2ncc(F)cn2)nnc1-c1cccc(=O)[nH]1. The molecule has 3 aromatic heterocycles. The number of halogens is 1. The topological polar surface area (TPSA) is 154 Å². The van der Waals surface area contributed by atoms with Crippen LogP contribution in [0.15, 0.2) is 53.6 Å². The lowest BCUT2D eigenvalue weighted by molar-refractivity contribution is 0.391. The van der Waals surface area contributed by atoms with Gasteiger partial charge in [0.25, 0.3) is 0 Å². The number of H-pyrrole nitrogens is 1. The molecule has 2 N–H and O–H groups in total. The Balaban J connectivity index is 1.84. The van der Waals surface area contributed by atoms with Gasteiger partial charge in [-0.1, -0.05) is 19.1 Å². The first-order valence-electron chi connectivity index (χ1n) is 11.0. The van der Waals surface area contributed by atoms with Gasteiger partial charge in [0.15, 0.2) is 11.6 Å². The second-order valence-electron chi connectivity index (χ2n) is 8.02. The average Bonchev–Trinajstić information content (AvgIpc) is 3.29. The standard InChI is InChI=1S/C23H24FN7O5S/c1-13(21-25-11-15(24)12-26-21)14(2)37(33,34)30-23-29-28-22(16-7-5-10-19(32)27-16)31(23)20-17(35-3)8-6-9-18(20)36-4/h5-14H,1-4H3,(H,27,32)(H,29,30). The van der Waals surface area contributed by atoms with Gasteiger partial charge in [-0.25, -0.2) is 22.8 Å². The van der Waals surface area contributed by atoms with E-state index in [2.05, 4.69) is 29.9 Å². The van der Waals surface area contributed by atoms with Crippen molar-refractivity contribution < 1.29 is 22.3 Å². The number of aromatic amines is 1. The number of hydrogen-bond acceptors (Lipinski definition) is 9. The maximum absolute atomic E-state index is 13.4. The average molecular weight is 530 g/mol. The van der Waals surface area contributed by atoms with Crippen LogP contribution >= 0.6 is 0 Å². The molecule has 3 heterocycles. The van der Waals surface area contributed by atoms with Crippen molar-refractivity contribution in [2.45, 2.75) is 25.0 Å². The highest BCUT2D eigenvalue weighted by atomic mass is 32.2. The smallest absolute Gasteiger partial charge is 0.248 e. The molecule has 37 heavy (non-hydrogen) atoms. The van der Waals surface area contributed by atoms with Crippen molar-refractivity contribution in [3.63, 3.8) is 0 Å². The molecule has 0 radical (unpaired) electrons. The van der Waals surface area contributed by atoms with Gasteiger partial charge in [0.1, 0.15) is 23.0 Å². The van der Waals surface area contributed by atoms with Gasteiger partial charge in [0, 0.05) is 12.0 Å². The van der Waals surface area contributed by atoms with Crippen molar-refractivity contribution in [1.29, 1.82) is 0 Å². The molecule has 12 nitrogen and oxygen atoms in total. The molecule has 4 rings (SSSR count). The number of ether oxygens (including phenoxy) is 2. The lowest BCUT2D eigenvalue weighted by Gasteiger charge is -2.21. The van der Waals surface area contributed by atoms with Crippen LogP contribution in [-0.4, -0.2) is 57.6 Å². The first kappa shape index (κ1) is 25.8. The van der Waals surface area contributed by atoms with Crippen LogP contribution in [0.5, 0.6) is 11.5 Å². The lowest BCUT2D eigenvalue weighted by atomic mass is 10.1. The second kappa shape index (κ2) is 10.3. The van der Waals surface area contributed by atoms with Gasteiger partial charge in [0.05, 0.1) is 37.6 Å². The van der Waals surface area contributed by atoms with E-state index in [1.165, 1.54) is 37.8 Å². The quantitative estimate of drug-likeness (QED) is 0.333. The predicted octanol–water partition coefficient (Wildman–Crippen LogP) is 2.50. The number of rotatable bonds is 9. The molecule has 2 atom stereocenters. The van der Waals surface area contributed by atoms with Crippen molar-refractivity contribution in [3.8, 4) is 28.7 Å². The molecule has 0 aliphatic carbocycles. The van der Waals surface area contributed by atoms with E-state index < -0.39 is 27.0 Å². The summed E-state index contributed by atoms with van der Waals surface area (Å²) in [4.78, 5) is 22.5. The fourth-order valence-corrected chi connectivity index (χ4v) is 4.85. The van der Waals surface area contributed by atoms with Gasteiger partial charge in [-0.3, -0.25) is 14.1 Å². The molecule has 0 spiro atoms. The molecule has 0 aliphatic rings. The molecule has 4 aromatic rings. The van der Waals surface area contributed by atoms with Crippen molar-refractivity contribution in [2.75, 3.05) is 18.9 Å². The Bertz CT molecular complexity index is 1550. The number of sulfonamides is 1. The van der Waals surface area contributed by atoms with Crippen molar-refractivity contribution >= 4 is 16.0 Å². The molecule has 2 unspecified atom stereocenters. The van der Waals surface area contributed by atoms with Crippen LogP contribution in [0, 0.1) is 5.82 Å². The fourth-order valence-electron chi connectivity index (χ4n) is 3.62. The molecule has 0 saturated carbocycles. The number of aromatic nitrogens is 6. The van der Waals surface area contributed by atoms with E-state index in [0.29, 0.717) is 17.2 Å². The van der Waals surface area contributed by atoms with Crippen molar-refractivity contribution in [3.05, 3.63) is 70.8 Å². The Morgan fingerprint density at radius 2 is 1.62 bits per heavy atom. The van der Waals surface area contributed by atoms with E-state index in [1.54, 1.807) is 31.2 Å². The maximum Gasteiger partial charge on any atom is 0.248 e. The lowest BCUT2D eigenvalue weighted by Crippen LogP contribution is -2.31. The van der Waals surface area contributed by atoms with Crippen LogP contribution in [0.25, 0.3) is 17.2 Å². The summed E-state index contributed by atoms with van der Waals surface area (Å²) >= 11 is 0. The Labute approximate surface area is 211 Å². The summed E-state index contributed by atoms with van der Waals surface area (Å²) in [5.74, 6) is -0.548. The van der Waals surface area contributed by atoms with Crippen molar-refractivity contribution in [1.82, 2.24) is 29.7 Å². The first-order valence-corrected chi connectivity index (χ1v) is 12.6. The van der Waals surface area contributed by atoms with Crippen molar-refractivity contribution in [2.24, 2.45) is 0 Å². The van der Waals surface area contributed by atoms with E-state index in [9.17, 15) is 17.6 Å². The number of benzene rings is 1. The fraction of sp³-hybridized carbons (Fsp3) is 0.261. The molecule has 14 heteroatoms. The summed E-state index contributed by atoms with van der Waals surface area (Å²) in [6, 6.07) is 9.47. The van der Waals surface area contributed by atoms with Gasteiger partial charge in [-0.2, -0.15) is 0 Å². The summed E-state index contributed by atoms with van der Waals surface area (Å²) in [5.41, 5.74) is 0.194. The molecule has 1 aromatic carbocycles. The van der Waals surface area contributed by atoms with E-state index in [1.807, 2.05) is 0 Å². The van der Waals surface area contributed by atoms with Crippen LogP contribution in [0.2, 0.25) is 0 Å². The van der Waals surface area contributed by atoms with Gasteiger partial charge < -0.3 is 14.5 Å². The number of anilines is 1. The third-order valence-corrected chi connectivity index (χ3v) is 7.63. The maximum atomic E-state index is 13.4. The van der Waals surface area contributed by atoms with Crippen LogP contribution in [0.3, 0.4) is 0 Å². The minimum atomic E-state index is -4.12. The van der Waals surface area contributed by atoms with Gasteiger partial charge in [0.2, 0.25) is 21.5 Å². The van der Waals surface area contributed by atoms with Crippen LogP contribution < -0.4 is 19.8 Å². The van der Waals surface area contributed by atoms with E-state index in [-0.39, 0.29) is 28.9 Å². The molecule has 0 saturated heterocycles. The summed E-state index contributed by atoms with van der Waals surface area (Å²) in [6.07, 6.45) is 1.95. The zero-order chi connectivity index (χ0) is 26.7. The zero-order valence-electron chi connectivity index (χ0n) is 20.3.